The van der Waals surface area contributed by atoms with Gasteiger partial charge in [-0.25, -0.2) is 0 Å². The van der Waals surface area contributed by atoms with E-state index >= 15 is 0 Å². The Labute approximate surface area is 198 Å². The molecular formula is C31H23NS. The first-order valence-electron chi connectivity index (χ1n) is 11.2. The normalized spacial score (nSPS) is 11.2. The Morgan fingerprint density at radius 2 is 1.06 bits per heavy atom. The van der Waals surface area contributed by atoms with Crippen LogP contribution in [0.25, 0.3) is 42.4 Å². The fourth-order valence-corrected chi connectivity index (χ4v) is 5.63. The topological polar surface area (TPSA) is 3.24 Å². The summed E-state index contributed by atoms with van der Waals surface area (Å²) in [5.41, 5.74) is 7.32. The molecule has 158 valence electrons. The smallest absolute Gasteiger partial charge is 0.0415 e. The molecule has 2 heteroatoms. The number of rotatable bonds is 4. The summed E-state index contributed by atoms with van der Waals surface area (Å²) < 4.78 is 2.67. The average Bonchev–Trinajstić information content (AvgIpc) is 3.27. The summed E-state index contributed by atoms with van der Waals surface area (Å²) in [5, 5.41) is 2.65. The van der Waals surface area contributed by atoms with Gasteiger partial charge in [-0.1, -0.05) is 84.9 Å². The van der Waals surface area contributed by atoms with Gasteiger partial charge in [0.05, 0.1) is 0 Å². The van der Waals surface area contributed by atoms with E-state index in [4.69, 9.17) is 0 Å². The lowest BCUT2D eigenvalue weighted by atomic mass is 9.94. The molecule has 1 nitrogen and oxygen atoms in total. The Morgan fingerprint density at radius 1 is 0.485 bits per heavy atom. The predicted octanol–water partition coefficient (Wildman–Crippen LogP) is 9.16. The minimum atomic E-state index is 1.17. The maximum absolute atomic E-state index is 2.32. The number of anilines is 2. The lowest BCUT2D eigenvalue weighted by Crippen LogP contribution is -2.09. The first-order chi connectivity index (χ1) is 16.3. The first kappa shape index (κ1) is 19.8. The molecule has 0 bridgehead atoms. The molecule has 0 aliphatic rings. The average molecular weight is 442 g/mol. The van der Waals surface area contributed by atoms with E-state index in [1.165, 1.54) is 53.8 Å². The van der Waals surface area contributed by atoms with Gasteiger partial charge in [0.2, 0.25) is 0 Å². The maximum atomic E-state index is 2.32. The molecule has 0 aliphatic carbocycles. The molecule has 0 atom stereocenters. The maximum Gasteiger partial charge on any atom is 0.0415 e. The van der Waals surface area contributed by atoms with Gasteiger partial charge in [0.1, 0.15) is 0 Å². The van der Waals surface area contributed by atoms with E-state index in [0.29, 0.717) is 0 Å². The molecule has 6 rings (SSSR count). The third kappa shape index (κ3) is 3.59. The van der Waals surface area contributed by atoms with Gasteiger partial charge < -0.3 is 4.90 Å². The Balaban J connectivity index is 1.47. The van der Waals surface area contributed by atoms with E-state index in [9.17, 15) is 0 Å². The Hall–Kier alpha value is -3.88. The highest BCUT2D eigenvalue weighted by Gasteiger charge is 2.13. The van der Waals surface area contributed by atoms with Crippen molar-refractivity contribution in [1.82, 2.24) is 0 Å². The summed E-state index contributed by atoms with van der Waals surface area (Å²) in [4.78, 5) is 2.28. The van der Waals surface area contributed by atoms with Crippen molar-refractivity contribution >= 4 is 42.9 Å². The summed E-state index contributed by atoms with van der Waals surface area (Å²) in [7, 11) is 2.15. The Bertz CT molecular complexity index is 1570. The molecule has 33 heavy (non-hydrogen) atoms. The highest BCUT2D eigenvalue weighted by molar-refractivity contribution is 7.25. The van der Waals surface area contributed by atoms with Gasteiger partial charge in [0.15, 0.2) is 0 Å². The number of hydrogen-bond donors (Lipinski definition) is 0. The third-order valence-corrected chi connectivity index (χ3v) is 7.46. The van der Waals surface area contributed by atoms with Crippen LogP contribution in [0, 0.1) is 0 Å². The van der Waals surface area contributed by atoms with E-state index in [1.54, 1.807) is 0 Å². The van der Waals surface area contributed by atoms with Crippen LogP contribution >= 0.6 is 11.3 Å². The van der Waals surface area contributed by atoms with Gasteiger partial charge in [-0.05, 0) is 58.7 Å². The molecule has 0 saturated carbocycles. The Morgan fingerprint density at radius 3 is 1.82 bits per heavy atom. The SMILES string of the molecule is CN(c1ccc(-c2ccccc2)c(-c2ccccc2)c1)c1ccc2sc3ccccc3c2c1. The monoisotopic (exact) mass is 441 g/mol. The van der Waals surface area contributed by atoms with Crippen molar-refractivity contribution in [3.05, 3.63) is 121 Å². The minimum absolute atomic E-state index is 1.17. The molecule has 6 aromatic rings. The third-order valence-electron chi connectivity index (χ3n) is 6.31. The van der Waals surface area contributed by atoms with Crippen molar-refractivity contribution in [1.29, 1.82) is 0 Å². The van der Waals surface area contributed by atoms with Gasteiger partial charge >= 0.3 is 0 Å². The number of fused-ring (bicyclic) bond motifs is 3. The molecule has 1 aromatic heterocycles. The van der Waals surface area contributed by atoms with E-state index in [1.807, 2.05) is 11.3 Å². The zero-order valence-corrected chi connectivity index (χ0v) is 19.2. The summed E-state index contributed by atoms with van der Waals surface area (Å²) in [6.45, 7) is 0. The fourth-order valence-electron chi connectivity index (χ4n) is 4.54. The van der Waals surface area contributed by atoms with Gasteiger partial charge in [-0.15, -0.1) is 11.3 Å². The number of nitrogens with zero attached hydrogens (tertiary/aromatic N) is 1. The van der Waals surface area contributed by atoms with Crippen molar-refractivity contribution in [2.45, 2.75) is 0 Å². The minimum Gasteiger partial charge on any atom is -0.345 e. The summed E-state index contributed by atoms with van der Waals surface area (Å²) >= 11 is 1.86. The summed E-state index contributed by atoms with van der Waals surface area (Å²) in [6.07, 6.45) is 0. The highest BCUT2D eigenvalue weighted by atomic mass is 32.1. The van der Waals surface area contributed by atoms with E-state index in [0.717, 1.165) is 0 Å². The second kappa shape index (κ2) is 8.23. The van der Waals surface area contributed by atoms with Crippen LogP contribution in [-0.4, -0.2) is 7.05 Å². The molecular weight excluding hydrogens is 418 g/mol. The quantitative estimate of drug-likeness (QED) is 0.263. The van der Waals surface area contributed by atoms with Crippen LogP contribution in [0.5, 0.6) is 0 Å². The van der Waals surface area contributed by atoms with Crippen molar-refractivity contribution in [3.63, 3.8) is 0 Å². The molecule has 0 amide bonds. The molecule has 1 heterocycles. The molecule has 0 N–H and O–H groups in total. The zero-order valence-electron chi connectivity index (χ0n) is 18.4. The lowest BCUT2D eigenvalue weighted by molar-refractivity contribution is 1.21. The van der Waals surface area contributed by atoms with Crippen molar-refractivity contribution in [2.24, 2.45) is 0 Å². The Kier molecular flexibility index (Phi) is 4.93. The summed E-state index contributed by atoms with van der Waals surface area (Å²) in [6, 6.07) is 43.6. The van der Waals surface area contributed by atoms with Crippen LogP contribution in [-0.2, 0) is 0 Å². The van der Waals surface area contributed by atoms with E-state index in [2.05, 4.69) is 133 Å². The standard InChI is InChI=1S/C31H23NS/c1-32(25-17-19-31-29(21-25)27-14-8-9-15-30(27)33-31)24-16-18-26(22-10-4-2-5-11-22)28(20-24)23-12-6-3-7-13-23/h2-21H,1H3. The molecule has 0 aliphatic heterocycles. The van der Waals surface area contributed by atoms with Crippen molar-refractivity contribution in [2.75, 3.05) is 11.9 Å². The van der Waals surface area contributed by atoms with E-state index in [-0.39, 0.29) is 0 Å². The van der Waals surface area contributed by atoms with Gasteiger partial charge in [-0.3, -0.25) is 0 Å². The first-order valence-corrected chi connectivity index (χ1v) is 12.0. The summed E-state index contributed by atoms with van der Waals surface area (Å²) in [5.74, 6) is 0. The number of benzene rings is 5. The van der Waals surface area contributed by atoms with E-state index < -0.39 is 0 Å². The predicted molar refractivity (Wildman–Crippen MR) is 145 cm³/mol. The van der Waals surface area contributed by atoms with Crippen LogP contribution in [0.4, 0.5) is 11.4 Å². The van der Waals surface area contributed by atoms with Crippen LogP contribution in [0.15, 0.2) is 121 Å². The largest absolute Gasteiger partial charge is 0.345 e. The fraction of sp³-hybridized carbons (Fsp3) is 0.0323. The molecule has 5 aromatic carbocycles. The molecule has 0 fully saturated rings. The molecule has 0 spiro atoms. The second-order valence-electron chi connectivity index (χ2n) is 8.30. The van der Waals surface area contributed by atoms with Crippen LogP contribution in [0.3, 0.4) is 0 Å². The number of thiophene rings is 1. The zero-order chi connectivity index (χ0) is 22.2. The van der Waals surface area contributed by atoms with Gasteiger partial charge in [0.25, 0.3) is 0 Å². The molecule has 0 saturated heterocycles. The van der Waals surface area contributed by atoms with Gasteiger partial charge in [-0.2, -0.15) is 0 Å². The van der Waals surface area contributed by atoms with Crippen LogP contribution in [0.1, 0.15) is 0 Å². The van der Waals surface area contributed by atoms with Crippen LogP contribution in [0.2, 0.25) is 0 Å². The molecule has 0 radical (unpaired) electrons. The number of hydrogen-bond acceptors (Lipinski definition) is 2. The lowest BCUT2D eigenvalue weighted by Gasteiger charge is -2.22. The second-order valence-corrected chi connectivity index (χ2v) is 9.38. The molecule has 0 unspecified atom stereocenters. The van der Waals surface area contributed by atoms with Crippen LogP contribution < -0.4 is 4.90 Å². The van der Waals surface area contributed by atoms with Crippen molar-refractivity contribution < 1.29 is 0 Å². The highest BCUT2D eigenvalue weighted by Crippen LogP contribution is 2.39. The van der Waals surface area contributed by atoms with Crippen molar-refractivity contribution in [3.8, 4) is 22.3 Å². The van der Waals surface area contributed by atoms with Gasteiger partial charge in [0, 0.05) is 38.6 Å².